The quantitative estimate of drug-likeness (QED) is 0.393. The number of urea groups is 1. The van der Waals surface area contributed by atoms with Gasteiger partial charge in [0, 0.05) is 6.04 Å². The van der Waals surface area contributed by atoms with E-state index in [1.807, 2.05) is 6.92 Å². The summed E-state index contributed by atoms with van der Waals surface area (Å²) in [4.78, 5) is 26.2. The van der Waals surface area contributed by atoms with Gasteiger partial charge in [-0.15, -0.1) is 4.28 Å². The number of nitrogens with zero attached hydrogens (tertiary/aromatic N) is 2. The molecule has 2 bridgehead atoms. The highest BCUT2D eigenvalue weighted by Gasteiger charge is 2.49. The number of hydroxylamine groups is 2. The lowest BCUT2D eigenvalue weighted by Gasteiger charge is -2.29. The maximum atomic E-state index is 12.6. The molecular weight excluding hydrogens is 352 g/mol. The fourth-order valence-electron chi connectivity index (χ4n) is 3.14. The van der Waals surface area contributed by atoms with E-state index in [0.717, 1.165) is 12.8 Å². The number of amides is 3. The topological polar surface area (TPSA) is 142 Å². The molecule has 2 aliphatic heterocycles. The van der Waals surface area contributed by atoms with Crippen LogP contribution >= 0.6 is 0 Å². The first-order chi connectivity index (χ1) is 11.7. The van der Waals surface area contributed by atoms with Gasteiger partial charge in [0.15, 0.2) is 0 Å². The van der Waals surface area contributed by atoms with Crippen LogP contribution in [0.15, 0.2) is 11.6 Å². The molecule has 2 heterocycles. The summed E-state index contributed by atoms with van der Waals surface area (Å²) < 4.78 is 35.1. The summed E-state index contributed by atoms with van der Waals surface area (Å²) in [7, 11) is -4.84. The minimum absolute atomic E-state index is 0.0863. The van der Waals surface area contributed by atoms with E-state index in [1.54, 1.807) is 13.0 Å². The Kier molecular flexibility index (Phi) is 6.03. The van der Waals surface area contributed by atoms with Gasteiger partial charge in [-0.05, 0) is 31.9 Å². The maximum absolute atomic E-state index is 12.6. The number of rotatable bonds is 8. The van der Waals surface area contributed by atoms with Crippen molar-refractivity contribution in [1.29, 1.82) is 0 Å². The second-order valence-electron chi connectivity index (χ2n) is 6.21. The summed E-state index contributed by atoms with van der Waals surface area (Å²) in [5.41, 5.74) is 6.17. The van der Waals surface area contributed by atoms with Gasteiger partial charge >= 0.3 is 16.4 Å². The van der Waals surface area contributed by atoms with Crippen LogP contribution in [-0.2, 0) is 19.5 Å². The van der Waals surface area contributed by atoms with E-state index in [-0.39, 0.29) is 18.5 Å². The van der Waals surface area contributed by atoms with Crippen LogP contribution in [0.2, 0.25) is 0 Å². The van der Waals surface area contributed by atoms with Crippen molar-refractivity contribution in [3.63, 3.8) is 0 Å². The summed E-state index contributed by atoms with van der Waals surface area (Å²) in [6, 6.07) is -2.41. The van der Waals surface area contributed by atoms with Crippen LogP contribution in [0.3, 0.4) is 0 Å². The standard InChI is InChI=1S/C14H24N4O6S/c1-3-4-10(5-6-15)16-13(19)11-7-9(2)12-8-17(11)14(20)18(12)24-25(21,22)23/h7,10-12H,3-6,8,15H2,1-2H3,(H,16,19)(H,21,22,23)/t10?,11-,12+/m0/s1. The molecule has 142 valence electrons. The minimum Gasteiger partial charge on any atom is -0.351 e. The van der Waals surface area contributed by atoms with Gasteiger partial charge in [0.05, 0.1) is 6.54 Å². The van der Waals surface area contributed by atoms with E-state index in [2.05, 4.69) is 9.60 Å². The average molecular weight is 376 g/mol. The molecule has 3 amide bonds. The van der Waals surface area contributed by atoms with E-state index in [4.69, 9.17) is 10.3 Å². The Balaban J connectivity index is 2.15. The van der Waals surface area contributed by atoms with Crippen LogP contribution < -0.4 is 11.1 Å². The molecule has 0 aromatic carbocycles. The van der Waals surface area contributed by atoms with Crippen LogP contribution in [-0.4, -0.2) is 66.1 Å². The second kappa shape index (κ2) is 7.68. The monoisotopic (exact) mass is 376 g/mol. The summed E-state index contributed by atoms with van der Waals surface area (Å²) in [5.74, 6) is -0.355. The Morgan fingerprint density at radius 2 is 2.20 bits per heavy atom. The number of hydrogen-bond donors (Lipinski definition) is 3. The van der Waals surface area contributed by atoms with E-state index in [0.29, 0.717) is 23.6 Å². The van der Waals surface area contributed by atoms with Gasteiger partial charge in [-0.2, -0.15) is 13.5 Å². The zero-order chi connectivity index (χ0) is 18.8. The average Bonchev–Trinajstić information content (AvgIpc) is 2.76. The predicted molar refractivity (Wildman–Crippen MR) is 88.4 cm³/mol. The lowest BCUT2D eigenvalue weighted by Crippen LogP contribution is -2.51. The molecule has 10 nitrogen and oxygen atoms in total. The van der Waals surface area contributed by atoms with Crippen molar-refractivity contribution in [2.24, 2.45) is 5.73 Å². The molecule has 25 heavy (non-hydrogen) atoms. The number of carbonyl (C=O) groups excluding carboxylic acids is 2. The van der Waals surface area contributed by atoms with Gasteiger partial charge in [-0.3, -0.25) is 9.35 Å². The number of carbonyl (C=O) groups is 2. The van der Waals surface area contributed by atoms with Crippen LogP contribution in [0.4, 0.5) is 4.79 Å². The molecule has 0 spiro atoms. The van der Waals surface area contributed by atoms with Crippen LogP contribution in [0.25, 0.3) is 0 Å². The normalized spacial score (nSPS) is 24.3. The van der Waals surface area contributed by atoms with Crippen LogP contribution in [0.1, 0.15) is 33.1 Å². The number of fused-ring (bicyclic) bond motifs is 2. The van der Waals surface area contributed by atoms with E-state index in [9.17, 15) is 18.0 Å². The Morgan fingerprint density at radius 1 is 1.52 bits per heavy atom. The highest BCUT2D eigenvalue weighted by Crippen LogP contribution is 2.30. The third kappa shape index (κ3) is 4.48. The molecule has 0 saturated carbocycles. The molecule has 4 N–H and O–H groups in total. The molecule has 0 radical (unpaired) electrons. The number of hydrogen-bond acceptors (Lipinski definition) is 6. The molecule has 0 aliphatic carbocycles. The van der Waals surface area contributed by atoms with Crippen molar-refractivity contribution in [3.8, 4) is 0 Å². The van der Waals surface area contributed by atoms with Gasteiger partial charge in [0.1, 0.15) is 12.1 Å². The van der Waals surface area contributed by atoms with Crippen molar-refractivity contribution >= 4 is 22.3 Å². The zero-order valence-corrected chi connectivity index (χ0v) is 15.0. The summed E-state index contributed by atoms with van der Waals surface area (Å²) in [6.07, 6.45) is 3.88. The van der Waals surface area contributed by atoms with Crippen LogP contribution in [0.5, 0.6) is 0 Å². The van der Waals surface area contributed by atoms with Gasteiger partial charge in [0.25, 0.3) is 0 Å². The third-order valence-corrected chi connectivity index (χ3v) is 4.66. The first-order valence-corrected chi connectivity index (χ1v) is 9.50. The molecule has 0 aromatic heterocycles. The van der Waals surface area contributed by atoms with E-state index < -0.39 is 28.5 Å². The largest absolute Gasteiger partial charge is 0.418 e. The van der Waals surface area contributed by atoms with Crippen molar-refractivity contribution in [1.82, 2.24) is 15.3 Å². The smallest absolute Gasteiger partial charge is 0.351 e. The highest BCUT2D eigenvalue weighted by atomic mass is 32.3. The predicted octanol–water partition coefficient (Wildman–Crippen LogP) is -0.211. The summed E-state index contributed by atoms with van der Waals surface area (Å²) in [6.45, 7) is 4.21. The number of nitrogens with one attached hydrogen (secondary N) is 1. The second-order valence-corrected chi connectivity index (χ2v) is 7.21. The molecule has 0 aromatic rings. The van der Waals surface area contributed by atoms with Crippen molar-refractivity contribution < 1.29 is 26.8 Å². The molecule has 3 atom stereocenters. The van der Waals surface area contributed by atoms with E-state index >= 15 is 0 Å². The summed E-state index contributed by atoms with van der Waals surface area (Å²) in [5, 5.41) is 3.47. The van der Waals surface area contributed by atoms with Crippen molar-refractivity contribution in [2.45, 2.75) is 51.2 Å². The minimum atomic E-state index is -4.84. The third-order valence-electron chi connectivity index (χ3n) is 4.31. The molecule has 2 aliphatic rings. The molecule has 1 saturated heterocycles. The van der Waals surface area contributed by atoms with Gasteiger partial charge in [-0.25, -0.2) is 4.79 Å². The number of nitrogens with two attached hydrogens (primary N) is 1. The van der Waals surface area contributed by atoms with Crippen molar-refractivity contribution in [2.75, 3.05) is 13.1 Å². The molecule has 2 rings (SSSR count). The Hall–Kier alpha value is -1.69. The SMILES string of the molecule is CCCC(CCN)NC(=O)[C@@H]1C=C(C)[C@H]2CN1C(=O)N2OS(=O)(=O)O. The lowest BCUT2D eigenvalue weighted by atomic mass is 10.00. The molecule has 1 fully saturated rings. The zero-order valence-electron chi connectivity index (χ0n) is 14.2. The van der Waals surface area contributed by atoms with Crippen LogP contribution in [0, 0.1) is 0 Å². The first-order valence-electron chi connectivity index (χ1n) is 8.13. The van der Waals surface area contributed by atoms with Gasteiger partial charge < -0.3 is 16.0 Å². The highest BCUT2D eigenvalue weighted by molar-refractivity contribution is 7.80. The first kappa shape index (κ1) is 19.6. The van der Waals surface area contributed by atoms with E-state index in [1.165, 1.54) is 4.90 Å². The molecule has 1 unspecified atom stereocenters. The van der Waals surface area contributed by atoms with Gasteiger partial charge in [-0.1, -0.05) is 19.4 Å². The Bertz CT molecular complexity index is 658. The Labute approximate surface area is 146 Å². The fourth-order valence-corrected chi connectivity index (χ4v) is 3.51. The lowest BCUT2D eigenvalue weighted by molar-refractivity contribution is -0.124. The molecule has 11 heteroatoms. The maximum Gasteiger partial charge on any atom is 0.418 e. The summed E-state index contributed by atoms with van der Waals surface area (Å²) >= 11 is 0. The fraction of sp³-hybridized carbons (Fsp3) is 0.714. The Morgan fingerprint density at radius 3 is 2.76 bits per heavy atom. The molecular formula is C14H24N4O6S. The van der Waals surface area contributed by atoms with Crippen molar-refractivity contribution in [3.05, 3.63) is 11.6 Å². The van der Waals surface area contributed by atoms with Gasteiger partial charge in [0.2, 0.25) is 5.91 Å².